The minimum Gasteiger partial charge on any atom is -0.381 e. The van der Waals surface area contributed by atoms with Crippen molar-refractivity contribution in [2.75, 3.05) is 26.3 Å². The largest absolute Gasteiger partial charge is 0.381 e. The number of halogens is 2. The highest BCUT2D eigenvalue weighted by Crippen LogP contribution is 2.39. The SMILES string of the molecule is CC1CNCCC1NC(=O)C1(c2ccccc2Cl)CCOCC1.Cl. The summed E-state index contributed by atoms with van der Waals surface area (Å²) in [5.41, 5.74) is 0.366. The van der Waals surface area contributed by atoms with Gasteiger partial charge in [0.25, 0.3) is 0 Å². The number of carbonyl (C=O) groups is 1. The molecule has 2 atom stereocenters. The summed E-state index contributed by atoms with van der Waals surface area (Å²) in [5, 5.41) is 7.36. The van der Waals surface area contributed by atoms with E-state index in [1.807, 2.05) is 24.3 Å². The van der Waals surface area contributed by atoms with Crippen LogP contribution >= 0.6 is 24.0 Å². The Kier molecular flexibility index (Phi) is 6.93. The van der Waals surface area contributed by atoms with E-state index in [9.17, 15) is 4.79 Å². The molecule has 2 heterocycles. The van der Waals surface area contributed by atoms with Crippen molar-refractivity contribution in [1.29, 1.82) is 0 Å². The lowest BCUT2D eigenvalue weighted by Gasteiger charge is -2.39. The van der Waals surface area contributed by atoms with Crippen molar-refractivity contribution in [3.63, 3.8) is 0 Å². The molecule has 0 bridgehead atoms. The van der Waals surface area contributed by atoms with Gasteiger partial charge in [0.05, 0.1) is 5.41 Å². The Bertz CT molecular complexity index is 562. The molecule has 2 fully saturated rings. The van der Waals surface area contributed by atoms with E-state index in [1.54, 1.807) is 0 Å². The summed E-state index contributed by atoms with van der Waals surface area (Å²) in [6, 6.07) is 7.95. The molecule has 2 N–H and O–H groups in total. The van der Waals surface area contributed by atoms with Crippen LogP contribution in [0, 0.1) is 5.92 Å². The molecule has 2 aliphatic rings. The third-order valence-corrected chi connectivity index (χ3v) is 5.60. The van der Waals surface area contributed by atoms with Crippen LogP contribution in [0.4, 0.5) is 0 Å². The number of amides is 1. The summed E-state index contributed by atoms with van der Waals surface area (Å²) in [4.78, 5) is 13.2. The molecule has 24 heavy (non-hydrogen) atoms. The summed E-state index contributed by atoms with van der Waals surface area (Å²) in [6.07, 6.45) is 2.34. The molecule has 1 aromatic rings. The summed E-state index contributed by atoms with van der Waals surface area (Å²) in [5.74, 6) is 0.545. The zero-order chi connectivity index (χ0) is 16.3. The second-order valence-corrected chi connectivity index (χ2v) is 7.13. The number of nitrogens with one attached hydrogen (secondary N) is 2. The number of benzene rings is 1. The van der Waals surface area contributed by atoms with Gasteiger partial charge < -0.3 is 15.4 Å². The Morgan fingerprint density at radius 1 is 1.33 bits per heavy atom. The van der Waals surface area contributed by atoms with Gasteiger partial charge in [-0.2, -0.15) is 0 Å². The Balaban J connectivity index is 0.00000208. The van der Waals surface area contributed by atoms with E-state index in [4.69, 9.17) is 16.3 Å². The van der Waals surface area contributed by atoms with E-state index >= 15 is 0 Å². The molecule has 134 valence electrons. The molecule has 1 aromatic carbocycles. The predicted molar refractivity (Wildman–Crippen MR) is 99.0 cm³/mol. The number of hydrogen-bond donors (Lipinski definition) is 2. The normalized spacial score (nSPS) is 26.2. The van der Waals surface area contributed by atoms with E-state index < -0.39 is 5.41 Å². The van der Waals surface area contributed by atoms with Crippen LogP contribution in [-0.4, -0.2) is 38.3 Å². The summed E-state index contributed by atoms with van der Waals surface area (Å²) >= 11 is 6.43. The van der Waals surface area contributed by atoms with Crippen LogP contribution in [0.15, 0.2) is 24.3 Å². The van der Waals surface area contributed by atoms with Crippen molar-refractivity contribution in [3.05, 3.63) is 34.9 Å². The molecule has 0 aromatic heterocycles. The molecule has 1 amide bonds. The quantitative estimate of drug-likeness (QED) is 0.857. The lowest BCUT2D eigenvalue weighted by molar-refractivity contribution is -0.131. The van der Waals surface area contributed by atoms with Gasteiger partial charge in [0, 0.05) is 24.3 Å². The fraction of sp³-hybridized carbons (Fsp3) is 0.611. The number of carbonyl (C=O) groups excluding carboxylic acids is 1. The van der Waals surface area contributed by atoms with Crippen molar-refractivity contribution in [3.8, 4) is 0 Å². The van der Waals surface area contributed by atoms with Gasteiger partial charge in [-0.25, -0.2) is 0 Å². The lowest BCUT2D eigenvalue weighted by Crippen LogP contribution is -2.55. The van der Waals surface area contributed by atoms with Gasteiger partial charge in [0.1, 0.15) is 0 Å². The standard InChI is InChI=1S/C18H25ClN2O2.ClH/c1-13-12-20-9-6-16(13)21-17(22)18(7-10-23-11-8-18)14-4-2-3-5-15(14)19;/h2-5,13,16,20H,6-12H2,1H3,(H,21,22);1H. The van der Waals surface area contributed by atoms with Crippen molar-refractivity contribution in [2.24, 2.45) is 5.92 Å². The van der Waals surface area contributed by atoms with Crippen LogP contribution < -0.4 is 10.6 Å². The van der Waals surface area contributed by atoms with Crippen molar-refractivity contribution < 1.29 is 9.53 Å². The van der Waals surface area contributed by atoms with Gasteiger partial charge in [-0.15, -0.1) is 12.4 Å². The van der Waals surface area contributed by atoms with Crippen molar-refractivity contribution in [2.45, 2.75) is 37.6 Å². The van der Waals surface area contributed by atoms with E-state index in [1.165, 1.54) is 0 Å². The van der Waals surface area contributed by atoms with Crippen molar-refractivity contribution in [1.82, 2.24) is 10.6 Å². The highest BCUT2D eigenvalue weighted by Gasteiger charge is 2.44. The first-order chi connectivity index (χ1) is 11.1. The van der Waals surface area contributed by atoms with Gasteiger partial charge >= 0.3 is 0 Å². The summed E-state index contributed by atoms with van der Waals surface area (Å²) in [7, 11) is 0. The third kappa shape index (κ3) is 3.88. The maximum atomic E-state index is 13.2. The number of piperidine rings is 1. The molecule has 2 saturated heterocycles. The third-order valence-electron chi connectivity index (χ3n) is 5.27. The van der Waals surface area contributed by atoms with Gasteiger partial charge in [-0.3, -0.25) is 4.79 Å². The molecule has 0 aliphatic carbocycles. The highest BCUT2D eigenvalue weighted by atomic mass is 35.5. The van der Waals surface area contributed by atoms with Crippen LogP contribution in [0.1, 0.15) is 31.7 Å². The van der Waals surface area contributed by atoms with Gasteiger partial charge in [-0.05, 0) is 49.9 Å². The number of hydrogen-bond acceptors (Lipinski definition) is 3. The first kappa shape index (κ1) is 19.5. The molecule has 3 rings (SSSR count). The maximum absolute atomic E-state index is 13.2. The Hall–Kier alpha value is -0.810. The minimum atomic E-state index is -0.568. The summed E-state index contributed by atoms with van der Waals surface area (Å²) < 4.78 is 5.51. The maximum Gasteiger partial charge on any atom is 0.231 e. The average Bonchev–Trinajstić information content (AvgIpc) is 2.58. The van der Waals surface area contributed by atoms with Crippen LogP contribution in [0.5, 0.6) is 0 Å². The second kappa shape index (κ2) is 8.52. The predicted octanol–water partition coefficient (Wildman–Crippen LogP) is 2.92. The number of rotatable bonds is 3. The second-order valence-electron chi connectivity index (χ2n) is 6.72. The van der Waals surface area contributed by atoms with Gasteiger partial charge in [0.15, 0.2) is 0 Å². The van der Waals surface area contributed by atoms with E-state index in [0.717, 1.165) is 25.1 Å². The number of ether oxygens (including phenoxy) is 1. The Morgan fingerprint density at radius 2 is 2.04 bits per heavy atom. The Morgan fingerprint density at radius 3 is 2.71 bits per heavy atom. The van der Waals surface area contributed by atoms with Crippen LogP contribution in [-0.2, 0) is 14.9 Å². The molecule has 4 nitrogen and oxygen atoms in total. The molecule has 0 saturated carbocycles. The van der Waals surface area contributed by atoms with E-state index in [-0.39, 0.29) is 24.4 Å². The molecule has 2 aliphatic heterocycles. The van der Waals surface area contributed by atoms with Crippen LogP contribution in [0.25, 0.3) is 0 Å². The van der Waals surface area contributed by atoms with Crippen molar-refractivity contribution >= 4 is 29.9 Å². The van der Waals surface area contributed by atoms with Crippen LogP contribution in [0.2, 0.25) is 5.02 Å². The molecular weight excluding hydrogens is 347 g/mol. The summed E-state index contributed by atoms with van der Waals surface area (Å²) in [6.45, 7) is 5.29. The average molecular weight is 373 g/mol. The molecule has 0 spiro atoms. The Labute approximate surface area is 155 Å². The monoisotopic (exact) mass is 372 g/mol. The zero-order valence-corrected chi connectivity index (χ0v) is 15.6. The van der Waals surface area contributed by atoms with Gasteiger partial charge in [0.2, 0.25) is 5.91 Å². The fourth-order valence-electron chi connectivity index (χ4n) is 3.72. The zero-order valence-electron chi connectivity index (χ0n) is 14.0. The van der Waals surface area contributed by atoms with E-state index in [2.05, 4.69) is 17.6 Å². The fourth-order valence-corrected chi connectivity index (χ4v) is 4.04. The van der Waals surface area contributed by atoms with E-state index in [0.29, 0.717) is 37.0 Å². The molecule has 6 heteroatoms. The minimum absolute atomic E-state index is 0. The molecular formula is C18H26Cl2N2O2. The lowest BCUT2D eigenvalue weighted by atomic mass is 9.73. The molecule has 2 unspecified atom stereocenters. The molecule has 0 radical (unpaired) electrons. The first-order valence-electron chi connectivity index (χ1n) is 8.48. The van der Waals surface area contributed by atoms with Gasteiger partial charge in [-0.1, -0.05) is 36.7 Å². The van der Waals surface area contributed by atoms with Crippen LogP contribution in [0.3, 0.4) is 0 Å². The first-order valence-corrected chi connectivity index (χ1v) is 8.86. The topological polar surface area (TPSA) is 50.4 Å². The highest BCUT2D eigenvalue weighted by molar-refractivity contribution is 6.31. The smallest absolute Gasteiger partial charge is 0.231 e.